The Morgan fingerprint density at radius 3 is 2.50 bits per heavy atom. The number of nitriles is 1. The van der Waals surface area contributed by atoms with Crippen LogP contribution in [0.15, 0.2) is 66.2 Å². The molecule has 0 bridgehead atoms. The Balaban J connectivity index is 2.01. The van der Waals surface area contributed by atoms with Crippen LogP contribution in [0.2, 0.25) is 0 Å². The molecule has 0 aliphatic heterocycles. The quantitative estimate of drug-likeness (QED) is 0.552. The van der Waals surface area contributed by atoms with Gasteiger partial charge in [0.15, 0.2) is 0 Å². The zero-order valence-electron chi connectivity index (χ0n) is 14.6. The van der Waals surface area contributed by atoms with Gasteiger partial charge in [-0.25, -0.2) is 0 Å². The first-order chi connectivity index (χ1) is 12.6. The Morgan fingerprint density at radius 1 is 1.08 bits per heavy atom. The van der Waals surface area contributed by atoms with Crippen LogP contribution in [-0.4, -0.2) is 13.0 Å². The highest BCUT2D eigenvalue weighted by atomic mass is 16.5. The van der Waals surface area contributed by atoms with Crippen molar-refractivity contribution >= 4 is 28.4 Å². The Labute approximate surface area is 152 Å². The number of fused-ring (bicyclic) bond motifs is 1. The summed E-state index contributed by atoms with van der Waals surface area (Å²) in [5, 5.41) is 14.2. The Hall–Kier alpha value is -3.58. The molecular weight excluding hydrogens is 324 g/mol. The summed E-state index contributed by atoms with van der Waals surface area (Å²) in [6.07, 6.45) is 1.57. The number of hydrogen-bond acceptors (Lipinski definition) is 3. The van der Waals surface area contributed by atoms with Crippen molar-refractivity contribution in [2.45, 2.75) is 6.92 Å². The van der Waals surface area contributed by atoms with Gasteiger partial charge < -0.3 is 10.1 Å². The molecule has 3 aromatic carbocycles. The number of methoxy groups -OCH3 is 1. The van der Waals surface area contributed by atoms with Crippen LogP contribution in [0.1, 0.15) is 11.1 Å². The minimum absolute atomic E-state index is 0.0141. The summed E-state index contributed by atoms with van der Waals surface area (Å²) in [7, 11) is 1.57. The number of ether oxygens (including phenoxy) is 1. The number of hydrogen-bond donors (Lipinski definition) is 1. The summed E-state index contributed by atoms with van der Waals surface area (Å²) in [6.45, 7) is 1.97. The first-order valence-corrected chi connectivity index (χ1v) is 8.18. The molecule has 4 heteroatoms. The van der Waals surface area contributed by atoms with E-state index in [1.807, 2.05) is 61.5 Å². The maximum atomic E-state index is 12.5. The van der Waals surface area contributed by atoms with E-state index in [4.69, 9.17) is 4.74 Å². The van der Waals surface area contributed by atoms with E-state index < -0.39 is 5.91 Å². The fraction of sp³-hybridized carbons (Fsp3) is 0.0909. The summed E-state index contributed by atoms with van der Waals surface area (Å²) in [6, 6.07) is 21.0. The van der Waals surface area contributed by atoms with Crippen molar-refractivity contribution in [1.29, 1.82) is 5.26 Å². The largest absolute Gasteiger partial charge is 0.496 e. The molecule has 0 aromatic heterocycles. The van der Waals surface area contributed by atoms with Crippen molar-refractivity contribution in [3.8, 4) is 11.8 Å². The minimum Gasteiger partial charge on any atom is -0.496 e. The van der Waals surface area contributed by atoms with E-state index in [9.17, 15) is 10.1 Å². The van der Waals surface area contributed by atoms with Crippen LogP contribution < -0.4 is 10.1 Å². The third-order valence-corrected chi connectivity index (χ3v) is 4.11. The molecule has 3 aromatic rings. The minimum atomic E-state index is -0.452. The molecule has 1 N–H and O–H groups in total. The molecule has 0 fully saturated rings. The lowest BCUT2D eigenvalue weighted by atomic mass is 10.0. The summed E-state index contributed by atoms with van der Waals surface area (Å²) in [5.74, 6) is 0.158. The number of amides is 1. The second kappa shape index (κ2) is 7.54. The number of anilines is 1. The second-order valence-electron chi connectivity index (χ2n) is 5.89. The first kappa shape index (κ1) is 17.2. The summed E-state index contributed by atoms with van der Waals surface area (Å²) < 4.78 is 5.42. The van der Waals surface area contributed by atoms with E-state index in [-0.39, 0.29) is 5.57 Å². The van der Waals surface area contributed by atoms with Crippen molar-refractivity contribution in [2.24, 2.45) is 0 Å². The number of carbonyl (C=O) groups excluding carboxylic acids is 1. The number of carbonyl (C=O) groups is 1. The van der Waals surface area contributed by atoms with E-state index in [0.29, 0.717) is 17.0 Å². The van der Waals surface area contributed by atoms with Crippen molar-refractivity contribution in [3.05, 3.63) is 77.4 Å². The number of aryl methyl sites for hydroxylation is 1. The molecule has 0 spiro atoms. The highest BCUT2D eigenvalue weighted by Crippen LogP contribution is 2.30. The van der Waals surface area contributed by atoms with Crippen LogP contribution in [0.25, 0.3) is 16.8 Å². The zero-order valence-corrected chi connectivity index (χ0v) is 14.6. The molecule has 0 unspecified atom stereocenters. The van der Waals surface area contributed by atoms with Crippen molar-refractivity contribution in [3.63, 3.8) is 0 Å². The predicted octanol–water partition coefficient (Wildman–Crippen LogP) is 4.70. The van der Waals surface area contributed by atoms with Crippen LogP contribution in [-0.2, 0) is 4.79 Å². The molecule has 0 atom stereocenters. The van der Waals surface area contributed by atoms with Gasteiger partial charge in [0.05, 0.1) is 7.11 Å². The lowest BCUT2D eigenvalue weighted by Crippen LogP contribution is -2.13. The molecule has 0 saturated heterocycles. The van der Waals surface area contributed by atoms with Crippen LogP contribution in [0.3, 0.4) is 0 Å². The van der Waals surface area contributed by atoms with Crippen LogP contribution in [0.4, 0.5) is 5.69 Å². The normalized spacial score (nSPS) is 11.0. The van der Waals surface area contributed by atoms with Gasteiger partial charge in [-0.2, -0.15) is 5.26 Å². The molecular formula is C22H18N2O2. The Morgan fingerprint density at radius 2 is 1.81 bits per heavy atom. The van der Waals surface area contributed by atoms with Gasteiger partial charge in [0.2, 0.25) is 0 Å². The monoisotopic (exact) mass is 342 g/mol. The van der Waals surface area contributed by atoms with Crippen molar-refractivity contribution in [2.75, 3.05) is 12.4 Å². The van der Waals surface area contributed by atoms with E-state index in [2.05, 4.69) is 5.32 Å². The Kier molecular flexibility index (Phi) is 5.00. The number of benzene rings is 3. The van der Waals surface area contributed by atoms with Crippen molar-refractivity contribution < 1.29 is 9.53 Å². The third-order valence-electron chi connectivity index (χ3n) is 4.11. The molecule has 26 heavy (non-hydrogen) atoms. The topological polar surface area (TPSA) is 62.1 Å². The average Bonchev–Trinajstić information content (AvgIpc) is 2.67. The van der Waals surface area contributed by atoms with Crippen LogP contribution in [0, 0.1) is 18.3 Å². The highest BCUT2D eigenvalue weighted by molar-refractivity contribution is 6.11. The lowest BCUT2D eigenvalue weighted by Gasteiger charge is -2.10. The van der Waals surface area contributed by atoms with Crippen molar-refractivity contribution in [1.82, 2.24) is 0 Å². The summed E-state index contributed by atoms with van der Waals surface area (Å²) in [5.41, 5.74) is 2.47. The maximum Gasteiger partial charge on any atom is 0.266 e. The van der Waals surface area contributed by atoms with Crippen LogP contribution in [0.5, 0.6) is 5.75 Å². The van der Waals surface area contributed by atoms with E-state index >= 15 is 0 Å². The first-order valence-electron chi connectivity index (χ1n) is 8.18. The number of nitrogens with one attached hydrogen (secondary N) is 1. The molecule has 0 radical (unpaired) electrons. The predicted molar refractivity (Wildman–Crippen MR) is 104 cm³/mol. The SMILES string of the molecule is COc1ccc2ccccc2c1/C=C(\C#N)C(=O)Nc1ccc(C)cc1. The van der Waals surface area contributed by atoms with Crippen LogP contribution >= 0.6 is 0 Å². The maximum absolute atomic E-state index is 12.5. The fourth-order valence-corrected chi connectivity index (χ4v) is 2.73. The molecule has 0 saturated carbocycles. The smallest absolute Gasteiger partial charge is 0.266 e. The standard InChI is InChI=1S/C22H18N2O2/c1-15-7-10-18(11-8-15)24-22(25)17(14-23)13-20-19-6-4-3-5-16(19)9-12-21(20)26-2/h3-13H,1-2H3,(H,24,25)/b17-13+. The summed E-state index contributed by atoms with van der Waals surface area (Å²) >= 11 is 0. The van der Waals surface area contributed by atoms with E-state index in [1.54, 1.807) is 25.3 Å². The molecule has 1 amide bonds. The van der Waals surface area contributed by atoms with Gasteiger partial charge >= 0.3 is 0 Å². The molecule has 4 nitrogen and oxygen atoms in total. The summed E-state index contributed by atoms with van der Waals surface area (Å²) in [4.78, 5) is 12.5. The molecule has 128 valence electrons. The number of nitrogens with zero attached hydrogens (tertiary/aromatic N) is 1. The molecule has 0 aliphatic rings. The second-order valence-corrected chi connectivity index (χ2v) is 5.89. The van der Waals surface area contributed by atoms with Gasteiger partial charge in [0.25, 0.3) is 5.91 Å². The molecule has 0 heterocycles. The van der Waals surface area contributed by atoms with Gasteiger partial charge in [-0.3, -0.25) is 4.79 Å². The van der Waals surface area contributed by atoms with Gasteiger partial charge in [-0.05, 0) is 42.0 Å². The fourth-order valence-electron chi connectivity index (χ4n) is 2.73. The lowest BCUT2D eigenvalue weighted by molar-refractivity contribution is -0.112. The van der Waals surface area contributed by atoms with Gasteiger partial charge in [0.1, 0.15) is 17.4 Å². The van der Waals surface area contributed by atoms with Gasteiger partial charge in [-0.15, -0.1) is 0 Å². The number of rotatable bonds is 4. The molecule has 3 rings (SSSR count). The van der Waals surface area contributed by atoms with E-state index in [0.717, 1.165) is 16.3 Å². The Bertz CT molecular complexity index is 1030. The molecule has 0 aliphatic carbocycles. The highest BCUT2D eigenvalue weighted by Gasteiger charge is 2.13. The zero-order chi connectivity index (χ0) is 18.5. The third kappa shape index (κ3) is 3.57. The van der Waals surface area contributed by atoms with Gasteiger partial charge in [0, 0.05) is 11.3 Å². The van der Waals surface area contributed by atoms with Gasteiger partial charge in [-0.1, -0.05) is 48.0 Å². The average molecular weight is 342 g/mol. The van der Waals surface area contributed by atoms with E-state index in [1.165, 1.54) is 0 Å².